The molecule has 0 aromatic heterocycles. The van der Waals surface area contributed by atoms with Crippen molar-refractivity contribution in [1.82, 2.24) is 0 Å². The molecule has 1 aliphatic rings. The highest BCUT2D eigenvalue weighted by molar-refractivity contribution is 7.92. The predicted octanol–water partition coefficient (Wildman–Crippen LogP) is 4.32. The van der Waals surface area contributed by atoms with E-state index in [0.29, 0.717) is 29.3 Å². The highest BCUT2D eigenvalue weighted by atomic mass is 32.2. The Morgan fingerprint density at radius 3 is 2.52 bits per heavy atom. The molecule has 1 heterocycles. The Bertz CT molecular complexity index is 1190. The normalized spacial score (nSPS) is 15.7. The smallest absolute Gasteiger partial charge is 0.264 e. The topological polar surface area (TPSA) is 84.9 Å². The van der Waals surface area contributed by atoms with Crippen LogP contribution in [0.3, 0.4) is 0 Å². The molecule has 1 amide bonds. The summed E-state index contributed by atoms with van der Waals surface area (Å²) in [6, 6.07) is 21.8. The molecule has 1 atom stereocenters. The lowest BCUT2D eigenvalue weighted by Crippen LogP contribution is -2.26. The van der Waals surface area contributed by atoms with E-state index in [4.69, 9.17) is 9.47 Å². The van der Waals surface area contributed by atoms with Gasteiger partial charge in [-0.2, -0.15) is 0 Å². The average Bonchev–Trinajstić information content (AvgIpc) is 3.37. The second-order valence-corrected chi connectivity index (χ2v) is 9.73. The minimum Gasteiger partial charge on any atom is -0.491 e. The van der Waals surface area contributed by atoms with Crippen molar-refractivity contribution in [1.29, 1.82) is 0 Å². The molecule has 0 bridgehead atoms. The molecule has 4 rings (SSSR count). The minimum atomic E-state index is -3.74. The van der Waals surface area contributed by atoms with Gasteiger partial charge in [0.05, 0.1) is 16.7 Å². The summed E-state index contributed by atoms with van der Waals surface area (Å²) >= 11 is 0. The van der Waals surface area contributed by atoms with Crippen LogP contribution in [0.4, 0.5) is 11.4 Å². The molecule has 1 N–H and O–H groups in total. The number of para-hydroxylation sites is 1. The van der Waals surface area contributed by atoms with Gasteiger partial charge in [-0.3, -0.25) is 9.10 Å². The van der Waals surface area contributed by atoms with Gasteiger partial charge in [0.1, 0.15) is 12.4 Å². The molecule has 7 nitrogen and oxygen atoms in total. The van der Waals surface area contributed by atoms with Crippen molar-refractivity contribution >= 4 is 27.3 Å². The van der Waals surface area contributed by atoms with Gasteiger partial charge in [-0.15, -0.1) is 0 Å². The van der Waals surface area contributed by atoms with Gasteiger partial charge in [-0.05, 0) is 61.4 Å². The van der Waals surface area contributed by atoms with E-state index < -0.39 is 10.0 Å². The van der Waals surface area contributed by atoms with Crippen molar-refractivity contribution in [2.75, 3.05) is 29.9 Å². The molecule has 1 fully saturated rings. The summed E-state index contributed by atoms with van der Waals surface area (Å²) in [6.45, 7) is 1.25. The summed E-state index contributed by atoms with van der Waals surface area (Å²) in [5.41, 5.74) is 1.49. The molecule has 3 aromatic rings. The number of hydrogen-bond acceptors (Lipinski definition) is 5. The van der Waals surface area contributed by atoms with Gasteiger partial charge in [-0.25, -0.2) is 8.42 Å². The number of carbonyl (C=O) groups is 1. The number of nitrogens with one attached hydrogen (secondary N) is 1. The molecule has 1 unspecified atom stereocenters. The molecule has 3 aromatic carbocycles. The van der Waals surface area contributed by atoms with Gasteiger partial charge >= 0.3 is 0 Å². The first kappa shape index (κ1) is 22.8. The molecule has 8 heteroatoms. The Kier molecular flexibility index (Phi) is 6.96. The molecule has 172 valence electrons. The van der Waals surface area contributed by atoms with Crippen molar-refractivity contribution in [2.24, 2.45) is 0 Å². The maximum atomic E-state index is 12.9. The van der Waals surface area contributed by atoms with Crippen LogP contribution < -0.4 is 14.4 Å². The van der Waals surface area contributed by atoms with Crippen LogP contribution in [0.5, 0.6) is 5.75 Å². The third kappa shape index (κ3) is 5.53. The zero-order valence-electron chi connectivity index (χ0n) is 18.3. The fourth-order valence-corrected chi connectivity index (χ4v) is 4.74. The maximum Gasteiger partial charge on any atom is 0.264 e. The van der Waals surface area contributed by atoms with E-state index >= 15 is 0 Å². The first-order valence-corrected chi connectivity index (χ1v) is 12.2. The van der Waals surface area contributed by atoms with Gasteiger partial charge in [0.15, 0.2) is 0 Å². The second kappa shape index (κ2) is 10.1. The first-order valence-electron chi connectivity index (χ1n) is 10.7. The number of hydrogen-bond donors (Lipinski definition) is 1. The summed E-state index contributed by atoms with van der Waals surface area (Å²) in [7, 11) is -2.24. The standard InChI is InChI=1S/C25H26N2O5S/c1-27(21-8-3-2-4-9-21)33(29,30)24-14-12-19(13-15-24)25(28)26-20-7-5-10-22(17-20)32-18-23-11-6-16-31-23/h2-5,7-10,12-15,17,23H,6,11,16,18H2,1H3,(H,26,28). The van der Waals surface area contributed by atoms with Crippen LogP contribution in [0, 0.1) is 0 Å². The van der Waals surface area contributed by atoms with E-state index in [1.54, 1.807) is 42.5 Å². The fourth-order valence-electron chi connectivity index (χ4n) is 3.54. The van der Waals surface area contributed by atoms with Crippen LogP contribution >= 0.6 is 0 Å². The third-order valence-electron chi connectivity index (χ3n) is 5.45. The van der Waals surface area contributed by atoms with Crippen LogP contribution in [0.25, 0.3) is 0 Å². The molecule has 33 heavy (non-hydrogen) atoms. The SMILES string of the molecule is CN(c1ccccc1)S(=O)(=O)c1ccc(C(=O)Nc2cccc(OCC3CCCO3)c2)cc1. The monoisotopic (exact) mass is 466 g/mol. The van der Waals surface area contributed by atoms with Crippen LogP contribution in [-0.2, 0) is 14.8 Å². The second-order valence-electron chi connectivity index (χ2n) is 7.76. The van der Waals surface area contributed by atoms with E-state index in [2.05, 4.69) is 5.32 Å². The lowest BCUT2D eigenvalue weighted by Gasteiger charge is -2.19. The zero-order valence-corrected chi connectivity index (χ0v) is 19.1. The number of nitrogens with zero attached hydrogens (tertiary/aromatic N) is 1. The Hall–Kier alpha value is -3.36. The van der Waals surface area contributed by atoms with Crippen LogP contribution in [0.1, 0.15) is 23.2 Å². The van der Waals surface area contributed by atoms with Gasteiger partial charge in [0.25, 0.3) is 15.9 Å². The highest BCUT2D eigenvalue weighted by Gasteiger charge is 2.21. The number of sulfonamides is 1. The zero-order chi connectivity index (χ0) is 23.3. The number of rotatable bonds is 8. The summed E-state index contributed by atoms with van der Waals surface area (Å²) in [6.07, 6.45) is 2.15. The Morgan fingerprint density at radius 2 is 1.82 bits per heavy atom. The van der Waals surface area contributed by atoms with Crippen molar-refractivity contribution in [2.45, 2.75) is 23.8 Å². The summed E-state index contributed by atoms with van der Waals surface area (Å²) in [5.74, 6) is 0.306. The average molecular weight is 467 g/mol. The van der Waals surface area contributed by atoms with Gasteiger partial charge in [0, 0.05) is 31.0 Å². The Labute approximate surface area is 194 Å². The number of ether oxygens (including phenoxy) is 2. The molecule has 0 radical (unpaired) electrons. The molecular weight excluding hydrogens is 440 g/mol. The number of anilines is 2. The fraction of sp³-hybridized carbons (Fsp3) is 0.240. The van der Waals surface area contributed by atoms with E-state index in [1.165, 1.54) is 35.6 Å². The number of amides is 1. The van der Waals surface area contributed by atoms with Gasteiger partial charge in [0.2, 0.25) is 0 Å². The molecular formula is C25H26N2O5S. The van der Waals surface area contributed by atoms with E-state index in [-0.39, 0.29) is 16.9 Å². The highest BCUT2D eigenvalue weighted by Crippen LogP contribution is 2.23. The van der Waals surface area contributed by atoms with Crippen molar-refractivity contribution in [3.05, 3.63) is 84.4 Å². The quantitative estimate of drug-likeness (QED) is 0.534. The largest absolute Gasteiger partial charge is 0.491 e. The van der Waals surface area contributed by atoms with Crippen LogP contribution in [0.2, 0.25) is 0 Å². The Morgan fingerprint density at radius 1 is 1.06 bits per heavy atom. The number of carbonyl (C=O) groups excluding carboxylic acids is 1. The van der Waals surface area contributed by atoms with E-state index in [9.17, 15) is 13.2 Å². The molecule has 1 aliphatic heterocycles. The van der Waals surface area contributed by atoms with Crippen LogP contribution in [-0.4, -0.2) is 40.7 Å². The van der Waals surface area contributed by atoms with E-state index in [1.807, 2.05) is 12.1 Å². The maximum absolute atomic E-state index is 12.9. The first-order chi connectivity index (χ1) is 15.9. The molecule has 0 aliphatic carbocycles. The molecule has 1 saturated heterocycles. The summed E-state index contributed by atoms with van der Waals surface area (Å²) in [5, 5.41) is 2.82. The Balaban J connectivity index is 1.41. The van der Waals surface area contributed by atoms with Crippen molar-refractivity contribution < 1.29 is 22.7 Å². The lowest BCUT2D eigenvalue weighted by atomic mass is 10.2. The lowest BCUT2D eigenvalue weighted by molar-refractivity contribution is 0.0680. The number of benzene rings is 3. The van der Waals surface area contributed by atoms with Crippen molar-refractivity contribution in [3.63, 3.8) is 0 Å². The van der Waals surface area contributed by atoms with Gasteiger partial charge in [-0.1, -0.05) is 24.3 Å². The summed E-state index contributed by atoms with van der Waals surface area (Å²) in [4.78, 5) is 12.8. The third-order valence-corrected chi connectivity index (χ3v) is 7.25. The molecule has 0 spiro atoms. The van der Waals surface area contributed by atoms with Crippen LogP contribution in [0.15, 0.2) is 83.8 Å². The van der Waals surface area contributed by atoms with Gasteiger partial charge < -0.3 is 14.8 Å². The van der Waals surface area contributed by atoms with E-state index in [0.717, 1.165) is 19.4 Å². The predicted molar refractivity (Wildman–Crippen MR) is 127 cm³/mol. The summed E-state index contributed by atoms with van der Waals surface area (Å²) < 4.78 is 38.4. The minimum absolute atomic E-state index is 0.106. The molecule has 0 saturated carbocycles. The van der Waals surface area contributed by atoms with Crippen molar-refractivity contribution in [3.8, 4) is 5.75 Å².